The van der Waals surface area contributed by atoms with Crippen molar-refractivity contribution in [3.05, 3.63) is 59.7 Å². The standard InChI is InChI=1S/C21H21F3N2O3/c1-29-18-7-5-15(6-8-18)20(28)26-11-9-14(10-12-26)19(27)25-17-4-2-3-16(13-17)21(22,23)24/h2-8,13-14H,9-12H2,1H3,(H,25,27). The van der Waals surface area contributed by atoms with Crippen LogP contribution in [0.1, 0.15) is 28.8 Å². The van der Waals surface area contributed by atoms with Gasteiger partial charge in [0.15, 0.2) is 0 Å². The van der Waals surface area contributed by atoms with E-state index in [4.69, 9.17) is 4.74 Å². The average Bonchev–Trinajstić information content (AvgIpc) is 2.73. The van der Waals surface area contributed by atoms with Gasteiger partial charge < -0.3 is 15.0 Å². The molecule has 1 aliphatic heterocycles. The molecular weight excluding hydrogens is 385 g/mol. The maximum Gasteiger partial charge on any atom is 0.416 e. The second-order valence-electron chi connectivity index (χ2n) is 6.86. The van der Waals surface area contributed by atoms with Crippen molar-refractivity contribution in [3.63, 3.8) is 0 Å². The number of rotatable bonds is 4. The average molecular weight is 406 g/mol. The van der Waals surface area contributed by atoms with Crippen molar-refractivity contribution in [3.8, 4) is 5.75 Å². The Balaban J connectivity index is 1.56. The van der Waals surface area contributed by atoms with E-state index in [1.165, 1.54) is 12.1 Å². The first-order valence-electron chi connectivity index (χ1n) is 9.19. The maximum atomic E-state index is 12.8. The van der Waals surface area contributed by atoms with Crippen LogP contribution in [0.15, 0.2) is 48.5 Å². The topological polar surface area (TPSA) is 58.6 Å². The summed E-state index contributed by atoms with van der Waals surface area (Å²) in [4.78, 5) is 26.7. The molecule has 154 valence electrons. The SMILES string of the molecule is COc1ccc(C(=O)N2CCC(C(=O)Nc3cccc(C(F)(F)F)c3)CC2)cc1. The number of piperidine rings is 1. The molecule has 1 heterocycles. The van der Waals surface area contributed by atoms with Gasteiger partial charge in [-0.2, -0.15) is 13.2 Å². The van der Waals surface area contributed by atoms with Gasteiger partial charge in [-0.15, -0.1) is 0 Å². The van der Waals surface area contributed by atoms with Gasteiger partial charge in [-0.3, -0.25) is 9.59 Å². The molecule has 0 aliphatic carbocycles. The van der Waals surface area contributed by atoms with Crippen LogP contribution in [0.3, 0.4) is 0 Å². The number of carbonyl (C=O) groups is 2. The molecule has 0 saturated carbocycles. The summed E-state index contributed by atoms with van der Waals surface area (Å²) in [6, 6.07) is 11.4. The van der Waals surface area contributed by atoms with Crippen LogP contribution in [0.5, 0.6) is 5.75 Å². The summed E-state index contributed by atoms with van der Waals surface area (Å²) in [5, 5.41) is 2.56. The number of anilines is 1. The summed E-state index contributed by atoms with van der Waals surface area (Å²) >= 11 is 0. The van der Waals surface area contributed by atoms with Crippen molar-refractivity contribution < 1.29 is 27.5 Å². The fourth-order valence-corrected chi connectivity index (χ4v) is 3.28. The monoisotopic (exact) mass is 406 g/mol. The second-order valence-corrected chi connectivity index (χ2v) is 6.86. The number of ether oxygens (including phenoxy) is 1. The van der Waals surface area contributed by atoms with Crippen LogP contribution in [0.25, 0.3) is 0 Å². The molecule has 0 atom stereocenters. The minimum Gasteiger partial charge on any atom is -0.497 e. The summed E-state index contributed by atoms with van der Waals surface area (Å²) in [5.74, 6) is -0.152. The molecule has 0 radical (unpaired) electrons. The highest BCUT2D eigenvalue weighted by molar-refractivity contribution is 5.95. The van der Waals surface area contributed by atoms with E-state index in [2.05, 4.69) is 5.32 Å². The third-order valence-electron chi connectivity index (χ3n) is 4.95. The number of carbonyl (C=O) groups excluding carboxylic acids is 2. The van der Waals surface area contributed by atoms with Crippen LogP contribution in [0, 0.1) is 5.92 Å². The Morgan fingerprint density at radius 3 is 2.31 bits per heavy atom. The van der Waals surface area contributed by atoms with Crippen LogP contribution >= 0.6 is 0 Å². The summed E-state index contributed by atoms with van der Waals surface area (Å²) in [6.07, 6.45) is -3.56. The van der Waals surface area contributed by atoms with Crippen molar-refractivity contribution in [2.75, 3.05) is 25.5 Å². The predicted molar refractivity (Wildman–Crippen MR) is 102 cm³/mol. The first kappa shape index (κ1) is 20.7. The largest absolute Gasteiger partial charge is 0.497 e. The number of likely N-dealkylation sites (tertiary alicyclic amines) is 1. The molecule has 0 aromatic heterocycles. The zero-order chi connectivity index (χ0) is 21.0. The number of nitrogens with one attached hydrogen (secondary N) is 1. The molecule has 1 fully saturated rings. The maximum absolute atomic E-state index is 12.8. The first-order chi connectivity index (χ1) is 13.8. The van der Waals surface area contributed by atoms with Crippen LogP contribution in [-0.4, -0.2) is 36.9 Å². The van der Waals surface area contributed by atoms with Gasteiger partial charge in [0.2, 0.25) is 5.91 Å². The van der Waals surface area contributed by atoms with Gasteiger partial charge in [0, 0.05) is 30.3 Å². The number of amides is 2. The molecule has 0 unspecified atom stereocenters. The molecule has 2 amide bonds. The summed E-state index contributed by atoms with van der Waals surface area (Å²) in [7, 11) is 1.55. The summed E-state index contributed by atoms with van der Waals surface area (Å²) < 4.78 is 43.5. The van der Waals surface area contributed by atoms with E-state index in [1.54, 1.807) is 36.3 Å². The zero-order valence-electron chi connectivity index (χ0n) is 15.8. The van der Waals surface area contributed by atoms with Crippen molar-refractivity contribution in [2.24, 2.45) is 5.92 Å². The van der Waals surface area contributed by atoms with E-state index in [1.807, 2.05) is 0 Å². The van der Waals surface area contributed by atoms with Gasteiger partial charge in [-0.25, -0.2) is 0 Å². The Labute approximate surface area is 166 Å². The molecule has 5 nitrogen and oxygen atoms in total. The smallest absolute Gasteiger partial charge is 0.416 e. The molecule has 1 N–H and O–H groups in total. The lowest BCUT2D eigenvalue weighted by atomic mass is 9.95. The number of hydrogen-bond acceptors (Lipinski definition) is 3. The summed E-state index contributed by atoms with van der Waals surface area (Å²) in [5.41, 5.74) is -0.158. The highest BCUT2D eigenvalue weighted by Gasteiger charge is 2.31. The van der Waals surface area contributed by atoms with E-state index < -0.39 is 11.7 Å². The van der Waals surface area contributed by atoms with Crippen LogP contribution in [0.2, 0.25) is 0 Å². The summed E-state index contributed by atoms with van der Waals surface area (Å²) in [6.45, 7) is 0.817. The molecule has 0 bridgehead atoms. The number of benzene rings is 2. The van der Waals surface area contributed by atoms with E-state index in [0.29, 0.717) is 37.2 Å². The minimum atomic E-state index is -4.46. The van der Waals surface area contributed by atoms with Gasteiger partial charge in [0.05, 0.1) is 12.7 Å². The van der Waals surface area contributed by atoms with E-state index >= 15 is 0 Å². The first-order valence-corrected chi connectivity index (χ1v) is 9.19. The van der Waals surface area contributed by atoms with Crippen molar-refractivity contribution in [2.45, 2.75) is 19.0 Å². The van der Waals surface area contributed by atoms with Crippen LogP contribution < -0.4 is 10.1 Å². The molecule has 29 heavy (non-hydrogen) atoms. The highest BCUT2D eigenvalue weighted by Crippen LogP contribution is 2.31. The third kappa shape index (κ3) is 5.07. The molecular formula is C21H21F3N2O3. The Morgan fingerprint density at radius 2 is 1.72 bits per heavy atom. The Hall–Kier alpha value is -3.03. The highest BCUT2D eigenvalue weighted by atomic mass is 19.4. The second kappa shape index (κ2) is 8.55. The molecule has 2 aromatic rings. The van der Waals surface area contributed by atoms with Gasteiger partial charge in [0.25, 0.3) is 5.91 Å². The molecule has 0 spiro atoms. The molecule has 1 aliphatic rings. The number of nitrogens with zero attached hydrogens (tertiary/aromatic N) is 1. The number of alkyl halides is 3. The number of methoxy groups -OCH3 is 1. The lowest BCUT2D eigenvalue weighted by Crippen LogP contribution is -2.41. The van der Waals surface area contributed by atoms with Gasteiger partial charge in [-0.05, 0) is 55.3 Å². The normalized spacial score (nSPS) is 15.1. The molecule has 1 saturated heterocycles. The van der Waals surface area contributed by atoms with Crippen molar-refractivity contribution in [1.29, 1.82) is 0 Å². The molecule has 3 rings (SSSR count). The van der Waals surface area contributed by atoms with Crippen molar-refractivity contribution >= 4 is 17.5 Å². The molecule has 8 heteroatoms. The molecule has 2 aromatic carbocycles. The van der Waals surface area contributed by atoms with Crippen molar-refractivity contribution in [1.82, 2.24) is 4.90 Å². The Bertz CT molecular complexity index is 873. The predicted octanol–water partition coefficient (Wildman–Crippen LogP) is 4.20. The van der Waals surface area contributed by atoms with Gasteiger partial charge in [-0.1, -0.05) is 6.07 Å². The lowest BCUT2D eigenvalue weighted by molar-refractivity contribution is -0.137. The number of halogens is 3. The fourth-order valence-electron chi connectivity index (χ4n) is 3.28. The van der Waals surface area contributed by atoms with Gasteiger partial charge in [0.1, 0.15) is 5.75 Å². The van der Waals surface area contributed by atoms with Gasteiger partial charge >= 0.3 is 6.18 Å². The van der Waals surface area contributed by atoms with E-state index in [9.17, 15) is 22.8 Å². The Morgan fingerprint density at radius 1 is 1.07 bits per heavy atom. The number of hydrogen-bond donors (Lipinski definition) is 1. The fraction of sp³-hybridized carbons (Fsp3) is 0.333. The van der Waals surface area contributed by atoms with E-state index in [0.717, 1.165) is 12.1 Å². The van der Waals surface area contributed by atoms with E-state index in [-0.39, 0.29) is 23.4 Å². The Kier molecular flexibility index (Phi) is 6.10. The quantitative estimate of drug-likeness (QED) is 0.828. The lowest BCUT2D eigenvalue weighted by Gasteiger charge is -2.31. The van der Waals surface area contributed by atoms with Crippen LogP contribution in [0.4, 0.5) is 18.9 Å². The van der Waals surface area contributed by atoms with Crippen LogP contribution in [-0.2, 0) is 11.0 Å². The third-order valence-corrected chi connectivity index (χ3v) is 4.95. The zero-order valence-corrected chi connectivity index (χ0v) is 15.8. The minimum absolute atomic E-state index is 0.113.